The van der Waals surface area contributed by atoms with Gasteiger partial charge in [-0.05, 0) is 86.3 Å². The molecule has 0 N–H and O–H groups in total. The molecule has 0 fully saturated rings. The Morgan fingerprint density at radius 3 is 1.57 bits per heavy atom. The van der Waals surface area contributed by atoms with E-state index in [-0.39, 0.29) is 5.41 Å². The molecule has 248 valence electrons. The van der Waals surface area contributed by atoms with E-state index in [1.807, 2.05) is 0 Å². The lowest BCUT2D eigenvalue weighted by atomic mass is 9.79. The highest BCUT2D eigenvalue weighted by molar-refractivity contribution is 6.22. The Kier molecular flexibility index (Phi) is 5.60. The fraction of sp³-hybridized carbons (Fsp3) is 0.0588. The second-order valence-corrected chi connectivity index (χ2v) is 15.3. The minimum Gasteiger partial charge on any atom is -0.309 e. The minimum absolute atomic E-state index is 0.263. The van der Waals surface area contributed by atoms with E-state index in [4.69, 9.17) is 0 Å². The lowest BCUT2D eigenvalue weighted by Crippen LogP contribution is -2.16. The van der Waals surface area contributed by atoms with Gasteiger partial charge in [0.15, 0.2) is 0 Å². The van der Waals surface area contributed by atoms with Gasteiger partial charge in [0.2, 0.25) is 0 Å². The van der Waals surface area contributed by atoms with E-state index < -0.39 is 0 Å². The van der Waals surface area contributed by atoms with Crippen LogP contribution in [0.1, 0.15) is 25.0 Å². The van der Waals surface area contributed by atoms with Gasteiger partial charge < -0.3 is 9.13 Å². The summed E-state index contributed by atoms with van der Waals surface area (Å²) in [5, 5.41) is 12.9. The number of hydrogen-bond donors (Lipinski definition) is 0. The van der Waals surface area contributed by atoms with Crippen LogP contribution < -0.4 is 0 Å². The molecule has 0 spiro atoms. The maximum atomic E-state index is 2.57. The number of benzene rings is 9. The van der Waals surface area contributed by atoms with Crippen LogP contribution in [0.25, 0.3) is 98.4 Å². The summed E-state index contributed by atoms with van der Waals surface area (Å²) in [4.78, 5) is 0. The highest BCUT2D eigenvalue weighted by Crippen LogP contribution is 2.57. The SMILES string of the molecule is CC1(C)c2c(ccc3c2c2ccccc2n3-c2ccccc2)-c2ccc3c(c21)c1ccccc1n3-c1c2ccccc2cc2c1ccc1ccccc12. The first-order chi connectivity index (χ1) is 26.1. The van der Waals surface area contributed by atoms with Crippen LogP contribution in [-0.4, -0.2) is 9.13 Å². The zero-order chi connectivity index (χ0) is 35.0. The fourth-order valence-electron chi connectivity index (χ4n) is 10.1. The van der Waals surface area contributed by atoms with Gasteiger partial charge in [-0.2, -0.15) is 0 Å². The lowest BCUT2D eigenvalue weighted by Gasteiger charge is -2.24. The molecule has 2 heteroatoms. The van der Waals surface area contributed by atoms with Crippen LogP contribution in [0.3, 0.4) is 0 Å². The molecule has 0 radical (unpaired) electrons. The Morgan fingerprint density at radius 1 is 0.358 bits per heavy atom. The maximum Gasteiger partial charge on any atom is 0.0619 e. The molecular formula is C51H34N2. The van der Waals surface area contributed by atoms with Crippen LogP contribution in [0.4, 0.5) is 0 Å². The van der Waals surface area contributed by atoms with Crippen LogP contribution in [0.2, 0.25) is 0 Å². The molecule has 12 rings (SSSR count). The van der Waals surface area contributed by atoms with Crippen molar-refractivity contribution in [3.8, 4) is 22.5 Å². The number of rotatable bonds is 2. The molecule has 0 aliphatic heterocycles. The summed E-state index contributed by atoms with van der Waals surface area (Å²) >= 11 is 0. The van der Waals surface area contributed by atoms with E-state index in [1.165, 1.54) is 110 Å². The molecule has 0 amide bonds. The summed E-state index contributed by atoms with van der Waals surface area (Å²) in [6, 6.07) is 63.1. The predicted molar refractivity (Wildman–Crippen MR) is 225 cm³/mol. The normalized spacial score (nSPS) is 13.6. The second kappa shape index (κ2) is 10.2. The number of nitrogens with zero attached hydrogens (tertiary/aromatic N) is 2. The molecule has 1 aliphatic rings. The largest absolute Gasteiger partial charge is 0.309 e. The molecule has 2 aromatic heterocycles. The average Bonchev–Trinajstić information content (AvgIpc) is 3.80. The van der Waals surface area contributed by atoms with Crippen molar-refractivity contribution in [1.82, 2.24) is 9.13 Å². The zero-order valence-corrected chi connectivity index (χ0v) is 29.6. The van der Waals surface area contributed by atoms with Crippen molar-refractivity contribution >= 4 is 75.9 Å². The molecule has 0 bridgehead atoms. The van der Waals surface area contributed by atoms with Crippen LogP contribution in [0.15, 0.2) is 170 Å². The third-order valence-corrected chi connectivity index (χ3v) is 12.2. The Labute approximate surface area is 306 Å². The van der Waals surface area contributed by atoms with Crippen molar-refractivity contribution in [3.05, 3.63) is 181 Å². The van der Waals surface area contributed by atoms with Crippen LogP contribution in [-0.2, 0) is 5.41 Å². The Balaban J connectivity index is 1.22. The van der Waals surface area contributed by atoms with Crippen molar-refractivity contribution in [2.45, 2.75) is 19.3 Å². The van der Waals surface area contributed by atoms with Gasteiger partial charge >= 0.3 is 0 Å². The van der Waals surface area contributed by atoms with Crippen LogP contribution >= 0.6 is 0 Å². The van der Waals surface area contributed by atoms with Crippen LogP contribution in [0.5, 0.6) is 0 Å². The van der Waals surface area contributed by atoms with Crippen molar-refractivity contribution in [2.75, 3.05) is 0 Å². The maximum absolute atomic E-state index is 2.57. The molecule has 53 heavy (non-hydrogen) atoms. The van der Waals surface area contributed by atoms with Gasteiger partial charge in [0.1, 0.15) is 0 Å². The standard InChI is InChI=1S/C51H34N2/c1-51(2)48-36(26-28-44-46(48)39-20-10-12-22-42(39)52(44)33-16-4-3-5-17-33)37-27-29-45-47(49(37)51)40-21-11-13-23-43(40)53(45)50-35-19-9-7-15-32(35)30-41-34-18-8-6-14-31(34)24-25-38(41)50/h3-30H,1-2H3. The first kappa shape index (κ1) is 29.0. The third-order valence-electron chi connectivity index (χ3n) is 12.2. The number of para-hydroxylation sites is 3. The van der Waals surface area contributed by atoms with Gasteiger partial charge in [0, 0.05) is 43.4 Å². The summed E-state index contributed by atoms with van der Waals surface area (Å²) in [5.41, 5.74) is 12.7. The van der Waals surface area contributed by atoms with Gasteiger partial charge in [0.25, 0.3) is 0 Å². The number of fused-ring (bicyclic) bond motifs is 15. The molecular weight excluding hydrogens is 641 g/mol. The minimum atomic E-state index is -0.263. The molecule has 0 unspecified atom stereocenters. The predicted octanol–water partition coefficient (Wildman–Crippen LogP) is 13.6. The number of hydrogen-bond acceptors (Lipinski definition) is 0. The lowest BCUT2D eigenvalue weighted by molar-refractivity contribution is 0.673. The smallest absolute Gasteiger partial charge is 0.0619 e. The van der Waals surface area contributed by atoms with Gasteiger partial charge in [-0.1, -0.05) is 141 Å². The highest BCUT2D eigenvalue weighted by atomic mass is 15.0. The summed E-state index contributed by atoms with van der Waals surface area (Å²) in [6.07, 6.45) is 0. The van der Waals surface area contributed by atoms with E-state index in [9.17, 15) is 0 Å². The first-order valence-electron chi connectivity index (χ1n) is 18.6. The summed E-state index contributed by atoms with van der Waals surface area (Å²) in [7, 11) is 0. The summed E-state index contributed by atoms with van der Waals surface area (Å²) < 4.78 is 5.02. The fourth-order valence-corrected chi connectivity index (χ4v) is 10.1. The van der Waals surface area contributed by atoms with Gasteiger partial charge in [-0.15, -0.1) is 0 Å². The summed E-state index contributed by atoms with van der Waals surface area (Å²) in [6.45, 7) is 4.91. The molecule has 0 saturated heterocycles. The monoisotopic (exact) mass is 674 g/mol. The molecule has 9 aromatic carbocycles. The molecule has 1 aliphatic carbocycles. The van der Waals surface area contributed by atoms with E-state index in [0.717, 1.165) is 0 Å². The molecule has 0 atom stereocenters. The van der Waals surface area contributed by atoms with Crippen molar-refractivity contribution < 1.29 is 0 Å². The van der Waals surface area contributed by atoms with Gasteiger partial charge in [-0.25, -0.2) is 0 Å². The summed E-state index contributed by atoms with van der Waals surface area (Å²) in [5.74, 6) is 0. The van der Waals surface area contributed by atoms with E-state index in [1.54, 1.807) is 0 Å². The molecule has 11 aromatic rings. The van der Waals surface area contributed by atoms with Gasteiger partial charge in [0.05, 0.1) is 27.8 Å². The third kappa shape index (κ3) is 3.67. The van der Waals surface area contributed by atoms with Crippen molar-refractivity contribution in [3.63, 3.8) is 0 Å². The van der Waals surface area contributed by atoms with Gasteiger partial charge in [-0.3, -0.25) is 0 Å². The Bertz CT molecular complexity index is 3360. The quantitative estimate of drug-likeness (QED) is 0.128. The Hall–Kier alpha value is -6.64. The van der Waals surface area contributed by atoms with E-state index in [0.29, 0.717) is 0 Å². The second-order valence-electron chi connectivity index (χ2n) is 15.3. The van der Waals surface area contributed by atoms with Crippen molar-refractivity contribution in [2.24, 2.45) is 0 Å². The molecule has 0 saturated carbocycles. The highest BCUT2D eigenvalue weighted by Gasteiger charge is 2.40. The van der Waals surface area contributed by atoms with Crippen molar-refractivity contribution in [1.29, 1.82) is 0 Å². The molecule has 2 heterocycles. The van der Waals surface area contributed by atoms with Crippen LogP contribution in [0, 0.1) is 0 Å². The zero-order valence-electron chi connectivity index (χ0n) is 29.6. The topological polar surface area (TPSA) is 9.86 Å². The molecule has 2 nitrogen and oxygen atoms in total. The Morgan fingerprint density at radius 2 is 0.887 bits per heavy atom. The van der Waals surface area contributed by atoms with E-state index in [2.05, 4.69) is 193 Å². The average molecular weight is 675 g/mol. The van der Waals surface area contributed by atoms with E-state index >= 15 is 0 Å². The first-order valence-corrected chi connectivity index (χ1v) is 18.6. The number of aromatic nitrogens is 2.